The second-order valence-corrected chi connectivity index (χ2v) is 10.7. The summed E-state index contributed by atoms with van der Waals surface area (Å²) in [6.45, 7) is 1.99. The number of sulfone groups is 1. The number of aromatic nitrogens is 2. The zero-order chi connectivity index (χ0) is 25.7. The van der Waals surface area contributed by atoms with Gasteiger partial charge in [-0.05, 0) is 55.4 Å². The van der Waals surface area contributed by atoms with E-state index >= 15 is 0 Å². The Balaban J connectivity index is 1.57. The van der Waals surface area contributed by atoms with Crippen molar-refractivity contribution in [3.8, 4) is 5.75 Å². The van der Waals surface area contributed by atoms with Crippen molar-refractivity contribution in [2.75, 3.05) is 36.6 Å². The molecule has 0 bridgehead atoms. The Morgan fingerprint density at radius 2 is 1.97 bits per heavy atom. The molecule has 3 N–H and O–H groups in total. The third-order valence-corrected chi connectivity index (χ3v) is 6.84. The first-order valence-corrected chi connectivity index (χ1v) is 13.3. The third-order valence-electron chi connectivity index (χ3n) is 5.50. The molecule has 4 rings (SSSR count). The number of amides is 2. The van der Waals surface area contributed by atoms with E-state index in [0.717, 1.165) is 25.8 Å². The fraction of sp³-hybridized carbons (Fsp3) is 0.250. The first-order chi connectivity index (χ1) is 17.2. The van der Waals surface area contributed by atoms with E-state index in [4.69, 9.17) is 16.3 Å². The second-order valence-electron chi connectivity index (χ2n) is 8.27. The van der Waals surface area contributed by atoms with Gasteiger partial charge in [-0.1, -0.05) is 11.6 Å². The summed E-state index contributed by atoms with van der Waals surface area (Å²) in [5.41, 5.74) is 0.255. The number of ether oxygens (including phenoxy) is 1. The standard InChI is InChI=1S/C24H24ClN5O5S/c1-36(33,34)17-5-6-18(20(11-17)35-14-15-8-10-26-12-15)23(31)29-19-3-2-9-27-22(19)24(32)30-21-7-4-16(25)13-28-21/h2-7,9,11,13,15,26H,8,10,12,14H2,1H3,(H,29,31)(H,28,30,32). The summed E-state index contributed by atoms with van der Waals surface area (Å²) in [5, 5.41) is 8.95. The number of anilines is 2. The van der Waals surface area contributed by atoms with Crippen molar-refractivity contribution in [1.82, 2.24) is 15.3 Å². The van der Waals surface area contributed by atoms with Gasteiger partial charge in [-0.2, -0.15) is 0 Å². The first kappa shape index (κ1) is 25.5. The highest BCUT2D eigenvalue weighted by atomic mass is 35.5. The molecule has 1 atom stereocenters. The summed E-state index contributed by atoms with van der Waals surface area (Å²) < 4.78 is 30.1. The number of nitrogens with one attached hydrogen (secondary N) is 3. The molecule has 1 aromatic carbocycles. The lowest BCUT2D eigenvalue weighted by Crippen LogP contribution is -2.21. The zero-order valence-corrected chi connectivity index (χ0v) is 20.9. The molecule has 36 heavy (non-hydrogen) atoms. The molecule has 12 heteroatoms. The maximum absolute atomic E-state index is 13.2. The molecule has 1 saturated heterocycles. The van der Waals surface area contributed by atoms with Crippen LogP contribution < -0.4 is 20.7 Å². The highest BCUT2D eigenvalue weighted by Crippen LogP contribution is 2.26. The number of rotatable bonds is 8. The summed E-state index contributed by atoms with van der Waals surface area (Å²) in [6, 6.07) is 10.3. The molecule has 0 radical (unpaired) electrons. The van der Waals surface area contributed by atoms with Gasteiger partial charge in [-0.3, -0.25) is 9.59 Å². The van der Waals surface area contributed by atoms with Crippen LogP contribution in [0.2, 0.25) is 5.02 Å². The topological polar surface area (TPSA) is 139 Å². The average molecular weight is 530 g/mol. The molecule has 2 aromatic heterocycles. The number of benzene rings is 1. The van der Waals surface area contributed by atoms with E-state index in [1.54, 1.807) is 12.1 Å². The highest BCUT2D eigenvalue weighted by molar-refractivity contribution is 7.90. The second kappa shape index (κ2) is 11.0. The van der Waals surface area contributed by atoms with Gasteiger partial charge in [0, 0.05) is 31.1 Å². The van der Waals surface area contributed by atoms with Crippen LogP contribution in [-0.4, -0.2) is 56.2 Å². The van der Waals surface area contributed by atoms with Crippen molar-refractivity contribution in [3.05, 3.63) is 71.1 Å². The monoisotopic (exact) mass is 529 g/mol. The van der Waals surface area contributed by atoms with E-state index in [0.29, 0.717) is 11.6 Å². The normalized spacial score (nSPS) is 15.3. The van der Waals surface area contributed by atoms with Gasteiger partial charge in [0.2, 0.25) is 0 Å². The molecule has 0 aliphatic carbocycles. The van der Waals surface area contributed by atoms with Crippen LogP contribution in [0.4, 0.5) is 11.5 Å². The lowest BCUT2D eigenvalue weighted by molar-refractivity contribution is 0.102. The minimum absolute atomic E-state index is 0.0325. The number of carbonyl (C=O) groups excluding carboxylic acids is 2. The molecule has 1 aliphatic heterocycles. The van der Waals surface area contributed by atoms with Crippen molar-refractivity contribution >= 4 is 44.8 Å². The molecular formula is C24H24ClN5O5S. The predicted molar refractivity (Wildman–Crippen MR) is 135 cm³/mol. The molecule has 3 aromatic rings. The van der Waals surface area contributed by atoms with Gasteiger partial charge in [0.15, 0.2) is 15.5 Å². The Bertz CT molecular complexity index is 1380. The lowest BCUT2D eigenvalue weighted by Gasteiger charge is -2.16. The van der Waals surface area contributed by atoms with Gasteiger partial charge in [0.1, 0.15) is 11.6 Å². The van der Waals surface area contributed by atoms with Crippen LogP contribution in [0.15, 0.2) is 59.8 Å². The Hall–Kier alpha value is -3.54. The molecule has 0 spiro atoms. The van der Waals surface area contributed by atoms with E-state index in [1.165, 1.54) is 42.7 Å². The highest BCUT2D eigenvalue weighted by Gasteiger charge is 2.22. The average Bonchev–Trinajstić information content (AvgIpc) is 3.37. The number of carbonyl (C=O) groups is 2. The number of halogens is 1. The third kappa shape index (κ3) is 6.36. The van der Waals surface area contributed by atoms with Crippen molar-refractivity contribution in [2.24, 2.45) is 5.92 Å². The van der Waals surface area contributed by atoms with Crippen LogP contribution >= 0.6 is 11.6 Å². The van der Waals surface area contributed by atoms with E-state index in [1.807, 2.05) is 0 Å². The van der Waals surface area contributed by atoms with Crippen LogP contribution in [0.25, 0.3) is 0 Å². The summed E-state index contributed by atoms with van der Waals surface area (Å²) in [5.74, 6) is -0.513. The quantitative estimate of drug-likeness (QED) is 0.404. The van der Waals surface area contributed by atoms with Crippen LogP contribution in [0.5, 0.6) is 5.75 Å². The summed E-state index contributed by atoms with van der Waals surface area (Å²) in [6.07, 6.45) is 4.82. The van der Waals surface area contributed by atoms with Crippen LogP contribution in [-0.2, 0) is 9.84 Å². The maximum atomic E-state index is 13.2. The molecule has 2 amide bonds. The number of hydrogen-bond acceptors (Lipinski definition) is 8. The molecule has 188 valence electrons. The molecule has 1 aliphatic rings. The van der Waals surface area contributed by atoms with Gasteiger partial charge >= 0.3 is 0 Å². The molecular weight excluding hydrogens is 506 g/mol. The Morgan fingerprint density at radius 1 is 1.14 bits per heavy atom. The van der Waals surface area contributed by atoms with Crippen LogP contribution in [0.1, 0.15) is 27.3 Å². The lowest BCUT2D eigenvalue weighted by atomic mass is 10.1. The van der Waals surface area contributed by atoms with E-state index in [2.05, 4.69) is 25.9 Å². The van der Waals surface area contributed by atoms with Gasteiger partial charge in [0.25, 0.3) is 11.8 Å². The Morgan fingerprint density at radius 3 is 2.67 bits per heavy atom. The van der Waals surface area contributed by atoms with E-state index in [-0.39, 0.29) is 39.3 Å². The summed E-state index contributed by atoms with van der Waals surface area (Å²) >= 11 is 5.83. The van der Waals surface area contributed by atoms with Crippen LogP contribution in [0.3, 0.4) is 0 Å². The molecule has 10 nitrogen and oxygen atoms in total. The summed E-state index contributed by atoms with van der Waals surface area (Å²) in [4.78, 5) is 34.2. The van der Waals surface area contributed by atoms with Gasteiger partial charge in [-0.15, -0.1) is 0 Å². The molecule has 1 unspecified atom stereocenters. The molecule has 1 fully saturated rings. The zero-order valence-electron chi connectivity index (χ0n) is 19.3. The number of pyridine rings is 2. The fourth-order valence-electron chi connectivity index (χ4n) is 3.61. The van der Waals surface area contributed by atoms with E-state index in [9.17, 15) is 18.0 Å². The largest absolute Gasteiger partial charge is 0.492 e. The first-order valence-electron chi connectivity index (χ1n) is 11.1. The van der Waals surface area contributed by atoms with Gasteiger partial charge in [-0.25, -0.2) is 18.4 Å². The summed E-state index contributed by atoms with van der Waals surface area (Å²) in [7, 11) is -3.52. The molecule has 0 saturated carbocycles. The van der Waals surface area contributed by atoms with Crippen molar-refractivity contribution < 1.29 is 22.7 Å². The minimum Gasteiger partial charge on any atom is -0.492 e. The van der Waals surface area contributed by atoms with Gasteiger partial charge < -0.3 is 20.7 Å². The fourth-order valence-corrected chi connectivity index (χ4v) is 4.35. The number of nitrogens with zero attached hydrogens (tertiary/aromatic N) is 2. The van der Waals surface area contributed by atoms with Gasteiger partial charge in [0.05, 0.1) is 27.8 Å². The predicted octanol–water partition coefficient (Wildman–Crippen LogP) is 3.03. The van der Waals surface area contributed by atoms with Crippen LogP contribution in [0, 0.1) is 5.92 Å². The van der Waals surface area contributed by atoms with E-state index < -0.39 is 21.7 Å². The SMILES string of the molecule is CS(=O)(=O)c1ccc(C(=O)Nc2cccnc2C(=O)Nc2ccc(Cl)cn2)c(OCC2CCNC2)c1. The smallest absolute Gasteiger partial charge is 0.277 e. The number of hydrogen-bond donors (Lipinski definition) is 3. The molecule has 3 heterocycles. The maximum Gasteiger partial charge on any atom is 0.277 e. The minimum atomic E-state index is -3.52. The Labute approximate surface area is 213 Å². The Kier molecular flexibility index (Phi) is 7.82. The van der Waals surface area contributed by atoms with Crippen molar-refractivity contribution in [3.63, 3.8) is 0 Å². The van der Waals surface area contributed by atoms with Crippen molar-refractivity contribution in [2.45, 2.75) is 11.3 Å². The van der Waals surface area contributed by atoms with Crippen molar-refractivity contribution in [1.29, 1.82) is 0 Å².